The lowest BCUT2D eigenvalue weighted by molar-refractivity contribution is -0.164. The number of hydrogen-bond donors (Lipinski definition) is 2. The van der Waals surface area contributed by atoms with Gasteiger partial charge in [-0.3, -0.25) is 39.1 Å². The van der Waals surface area contributed by atoms with Gasteiger partial charge in [-0.25, -0.2) is 0 Å². The predicted molar refractivity (Wildman–Crippen MR) is 213 cm³/mol. The van der Waals surface area contributed by atoms with E-state index >= 15 is 0 Å². The van der Waals surface area contributed by atoms with Crippen LogP contribution in [0, 0.1) is 28.1 Å². The van der Waals surface area contributed by atoms with Gasteiger partial charge in [0.15, 0.2) is 0 Å². The summed E-state index contributed by atoms with van der Waals surface area (Å²) in [6.45, 7) is 12.6. The van der Waals surface area contributed by atoms with Gasteiger partial charge >= 0.3 is 0 Å². The maximum absolute atomic E-state index is 13.5. The number of amides is 5. The standard InChI is InChI=1S/C44H47ClN6O6/c1-43(2)41(44(3,4)42(43)57-31-10-7-27(22-46)34(45)21-31)48-37(53)26-5-8-30(9-6-26)50-17-14-25(15-18-50)13-16-49-23-28-19-32-33(20-29(28)24-49)40(56)51(39(32)55)35-11-12-36(52)47-38(35)54/h5-10,19-21,25,35,41-42H,11-18,23-24H2,1-4H3,(H,48,53)(H,47,52,54). The van der Waals surface area contributed by atoms with Crippen molar-refractivity contribution in [2.24, 2.45) is 16.7 Å². The van der Waals surface area contributed by atoms with Gasteiger partial charge in [-0.05, 0) is 97.8 Å². The lowest BCUT2D eigenvalue weighted by Crippen LogP contribution is -2.74. The van der Waals surface area contributed by atoms with E-state index in [1.165, 1.54) is 0 Å². The summed E-state index contributed by atoms with van der Waals surface area (Å²) < 4.78 is 6.38. The molecule has 0 radical (unpaired) electrons. The second-order valence-electron chi connectivity index (χ2n) is 17.4. The molecule has 3 fully saturated rings. The number of piperidine rings is 2. The molecule has 0 bridgehead atoms. The summed E-state index contributed by atoms with van der Waals surface area (Å²) >= 11 is 6.25. The molecule has 5 aliphatic rings. The van der Waals surface area contributed by atoms with Crippen LogP contribution in [0.1, 0.15) is 108 Å². The van der Waals surface area contributed by atoms with E-state index in [9.17, 15) is 29.2 Å². The van der Waals surface area contributed by atoms with Gasteiger partial charge in [-0.15, -0.1) is 0 Å². The van der Waals surface area contributed by atoms with Crippen molar-refractivity contribution in [3.05, 3.63) is 93.0 Å². The molecule has 4 heterocycles. The number of halogens is 1. The highest BCUT2D eigenvalue weighted by Crippen LogP contribution is 2.55. The first-order valence-corrected chi connectivity index (χ1v) is 20.2. The van der Waals surface area contributed by atoms with Gasteiger partial charge in [-0.1, -0.05) is 39.3 Å². The Morgan fingerprint density at radius 1 is 0.912 bits per heavy atom. The minimum atomic E-state index is -0.961. The van der Waals surface area contributed by atoms with Crippen LogP contribution in [-0.2, 0) is 22.7 Å². The normalized spacial score (nSPS) is 24.0. The number of ether oxygens (including phenoxy) is 1. The van der Waals surface area contributed by atoms with Gasteiger partial charge in [0.05, 0.1) is 21.7 Å². The van der Waals surface area contributed by atoms with Crippen LogP contribution in [0.2, 0.25) is 5.02 Å². The predicted octanol–water partition coefficient (Wildman–Crippen LogP) is 5.85. The third-order valence-electron chi connectivity index (χ3n) is 12.9. The number of nitrogens with one attached hydrogen (secondary N) is 2. The molecule has 296 valence electrons. The molecule has 1 atom stereocenters. The fourth-order valence-corrected chi connectivity index (χ4v) is 10.3. The van der Waals surface area contributed by atoms with Crippen LogP contribution >= 0.6 is 11.6 Å². The summed E-state index contributed by atoms with van der Waals surface area (Å²) in [5.41, 5.74) is 4.16. The Balaban J connectivity index is 0.799. The quantitative estimate of drug-likeness (QED) is 0.255. The molecule has 2 saturated heterocycles. The highest BCUT2D eigenvalue weighted by Gasteiger charge is 2.64. The molecule has 0 spiro atoms. The monoisotopic (exact) mass is 790 g/mol. The van der Waals surface area contributed by atoms with Crippen LogP contribution in [0.5, 0.6) is 5.75 Å². The van der Waals surface area contributed by atoms with Crippen LogP contribution in [0.25, 0.3) is 0 Å². The van der Waals surface area contributed by atoms with Crippen LogP contribution in [0.4, 0.5) is 5.69 Å². The molecule has 4 aliphatic heterocycles. The van der Waals surface area contributed by atoms with E-state index < -0.39 is 23.8 Å². The van der Waals surface area contributed by atoms with Gasteiger partial charge in [0.2, 0.25) is 11.8 Å². The molecule has 8 rings (SSSR count). The number of rotatable bonds is 9. The van der Waals surface area contributed by atoms with Gasteiger partial charge in [0, 0.05) is 66.8 Å². The molecule has 3 aromatic rings. The van der Waals surface area contributed by atoms with E-state index in [1.54, 1.807) is 18.2 Å². The van der Waals surface area contributed by atoms with Gasteiger partial charge < -0.3 is 15.0 Å². The first-order valence-electron chi connectivity index (χ1n) is 19.8. The summed E-state index contributed by atoms with van der Waals surface area (Å²) in [6.07, 6.45) is 3.26. The summed E-state index contributed by atoms with van der Waals surface area (Å²) in [4.78, 5) is 69.9. The van der Waals surface area contributed by atoms with Crippen LogP contribution in [0.15, 0.2) is 54.6 Å². The summed E-state index contributed by atoms with van der Waals surface area (Å²) in [7, 11) is 0. The van der Waals surface area contributed by atoms with Crippen molar-refractivity contribution in [3.63, 3.8) is 0 Å². The smallest absolute Gasteiger partial charge is 0.262 e. The maximum Gasteiger partial charge on any atom is 0.262 e. The first kappa shape index (κ1) is 38.6. The minimum absolute atomic E-state index is 0.0970. The molecule has 3 aromatic carbocycles. The van der Waals surface area contributed by atoms with E-state index in [0.29, 0.717) is 52.0 Å². The van der Waals surface area contributed by atoms with Crippen molar-refractivity contribution in [2.45, 2.75) is 91.1 Å². The van der Waals surface area contributed by atoms with Crippen molar-refractivity contribution >= 4 is 46.8 Å². The zero-order valence-electron chi connectivity index (χ0n) is 32.7. The number of nitrogens with zero attached hydrogens (tertiary/aromatic N) is 4. The molecule has 2 N–H and O–H groups in total. The SMILES string of the molecule is CC1(C)C(NC(=O)c2ccc(N3CCC(CCN4Cc5cc6c(cc5C4)C(=O)N(C4CCC(=O)NC4=O)C6=O)CC3)cc2)C(C)(C)C1Oc1ccc(C#N)c(Cl)c1. The molecule has 1 unspecified atom stereocenters. The Labute approximate surface area is 337 Å². The number of imide groups is 2. The summed E-state index contributed by atoms with van der Waals surface area (Å²) in [5.74, 6) is -0.861. The van der Waals surface area contributed by atoms with E-state index in [0.717, 1.165) is 60.6 Å². The van der Waals surface area contributed by atoms with Crippen molar-refractivity contribution in [3.8, 4) is 11.8 Å². The minimum Gasteiger partial charge on any atom is -0.489 e. The molecule has 0 aromatic heterocycles. The third-order valence-corrected chi connectivity index (χ3v) is 13.3. The van der Waals surface area contributed by atoms with E-state index in [-0.39, 0.29) is 47.6 Å². The second kappa shape index (κ2) is 14.6. The highest BCUT2D eigenvalue weighted by molar-refractivity contribution is 6.31. The van der Waals surface area contributed by atoms with Crippen molar-refractivity contribution in [2.75, 3.05) is 24.5 Å². The fraction of sp³-hybridized carbons (Fsp3) is 0.455. The van der Waals surface area contributed by atoms with Crippen LogP contribution in [0.3, 0.4) is 0 Å². The van der Waals surface area contributed by atoms with E-state index in [1.807, 2.05) is 36.4 Å². The number of hydrogen-bond acceptors (Lipinski definition) is 9. The Morgan fingerprint density at radius 3 is 2.12 bits per heavy atom. The average molecular weight is 791 g/mol. The molecule has 1 aliphatic carbocycles. The topological polar surface area (TPSA) is 152 Å². The molecule has 57 heavy (non-hydrogen) atoms. The number of carbonyl (C=O) groups excluding carboxylic acids is 5. The van der Waals surface area contributed by atoms with E-state index in [4.69, 9.17) is 16.3 Å². The first-order chi connectivity index (χ1) is 27.1. The largest absolute Gasteiger partial charge is 0.489 e. The number of benzene rings is 3. The van der Waals surface area contributed by atoms with Gasteiger partial charge in [-0.2, -0.15) is 5.26 Å². The van der Waals surface area contributed by atoms with Crippen LogP contribution < -0.4 is 20.3 Å². The molecular weight excluding hydrogens is 744 g/mol. The number of fused-ring (bicyclic) bond motifs is 2. The van der Waals surface area contributed by atoms with Gasteiger partial charge in [0.25, 0.3) is 17.7 Å². The Bertz CT molecular complexity index is 2160. The highest BCUT2D eigenvalue weighted by atomic mass is 35.5. The zero-order chi connectivity index (χ0) is 40.4. The fourth-order valence-electron chi connectivity index (χ4n) is 10.1. The molecular formula is C44H47ClN6O6. The van der Waals surface area contributed by atoms with Crippen molar-refractivity contribution in [1.82, 2.24) is 20.4 Å². The number of nitriles is 1. The maximum atomic E-state index is 13.5. The Kier molecular flexibility index (Phi) is 9.89. The van der Waals surface area contributed by atoms with Crippen molar-refractivity contribution in [1.29, 1.82) is 5.26 Å². The number of anilines is 1. The Morgan fingerprint density at radius 2 is 1.54 bits per heavy atom. The molecule has 1 saturated carbocycles. The molecule has 5 amide bonds. The van der Waals surface area contributed by atoms with Crippen LogP contribution in [-0.4, -0.2) is 77.2 Å². The lowest BCUT2D eigenvalue weighted by Gasteiger charge is -2.63. The third kappa shape index (κ3) is 6.95. The Hall–Kier alpha value is -5.25. The molecule has 13 heteroatoms. The summed E-state index contributed by atoms with van der Waals surface area (Å²) in [6, 6.07) is 17.6. The molecule has 12 nitrogen and oxygen atoms in total. The van der Waals surface area contributed by atoms with Crippen molar-refractivity contribution < 1.29 is 28.7 Å². The van der Waals surface area contributed by atoms with E-state index in [2.05, 4.69) is 54.2 Å². The average Bonchev–Trinajstić information content (AvgIpc) is 3.70. The lowest BCUT2D eigenvalue weighted by atomic mass is 9.49. The zero-order valence-corrected chi connectivity index (χ0v) is 33.4. The second-order valence-corrected chi connectivity index (χ2v) is 17.8. The van der Waals surface area contributed by atoms with Gasteiger partial charge in [0.1, 0.15) is 24.0 Å². The summed E-state index contributed by atoms with van der Waals surface area (Å²) in [5, 5.41) is 15.1. The number of carbonyl (C=O) groups is 5.